The summed E-state index contributed by atoms with van der Waals surface area (Å²) in [5.74, 6) is -1.90. The fourth-order valence-corrected chi connectivity index (χ4v) is 2.14. The maximum Gasteiger partial charge on any atom is 1.00 e. The van der Waals surface area contributed by atoms with E-state index in [1.807, 2.05) is 0 Å². The fourth-order valence-electron chi connectivity index (χ4n) is 2.14. The van der Waals surface area contributed by atoms with Gasteiger partial charge in [-0.2, -0.15) is 4.98 Å². The number of carboxylic acid groups (broad SMARTS) is 1. The summed E-state index contributed by atoms with van der Waals surface area (Å²) in [5.41, 5.74) is 6.88. The molecule has 2 N–H and O–H groups in total. The second kappa shape index (κ2) is 5.79. The third-order valence-corrected chi connectivity index (χ3v) is 3.25. The number of carbonyl (C=O) groups excluding carboxylic acids is 1. The Balaban J connectivity index is 0.00000176. The SMILES string of the molecule is Cc1c(F)cc(-c2ccn3nc(N)nc3c2)cc1C(=O)[O-].[Li+]. The van der Waals surface area contributed by atoms with Crippen LogP contribution in [-0.4, -0.2) is 20.6 Å². The topological polar surface area (TPSA) is 96.3 Å². The Morgan fingerprint density at radius 2 is 2.05 bits per heavy atom. The van der Waals surface area contributed by atoms with Crippen LogP contribution in [0.1, 0.15) is 15.9 Å². The molecular weight excluding hydrogens is 282 g/mol. The van der Waals surface area contributed by atoms with Crippen LogP contribution in [0, 0.1) is 12.7 Å². The summed E-state index contributed by atoms with van der Waals surface area (Å²) >= 11 is 0. The minimum Gasteiger partial charge on any atom is -0.545 e. The van der Waals surface area contributed by atoms with Crippen LogP contribution in [0.4, 0.5) is 10.3 Å². The minimum atomic E-state index is -1.42. The zero-order chi connectivity index (χ0) is 15.1. The molecule has 0 aliphatic heterocycles. The first-order valence-electron chi connectivity index (χ1n) is 6.09. The van der Waals surface area contributed by atoms with Crippen LogP contribution in [0.15, 0.2) is 30.5 Å². The molecule has 0 aliphatic rings. The Bertz CT molecular complexity index is 879. The Labute approximate surface area is 137 Å². The van der Waals surface area contributed by atoms with Crippen LogP contribution in [0.3, 0.4) is 0 Å². The first kappa shape index (κ1) is 16.0. The minimum absolute atomic E-state index is 0. The maximum absolute atomic E-state index is 13.9. The van der Waals surface area contributed by atoms with Crippen LogP contribution in [-0.2, 0) is 0 Å². The summed E-state index contributed by atoms with van der Waals surface area (Å²) in [4.78, 5) is 15.1. The van der Waals surface area contributed by atoms with Crippen molar-refractivity contribution in [3.05, 3.63) is 47.4 Å². The van der Waals surface area contributed by atoms with Crippen LogP contribution in [0.25, 0.3) is 16.8 Å². The van der Waals surface area contributed by atoms with E-state index in [-0.39, 0.29) is 35.9 Å². The molecule has 0 fully saturated rings. The van der Waals surface area contributed by atoms with Crippen LogP contribution >= 0.6 is 0 Å². The van der Waals surface area contributed by atoms with Crippen LogP contribution in [0.5, 0.6) is 0 Å². The van der Waals surface area contributed by atoms with Gasteiger partial charge in [0.25, 0.3) is 0 Å². The molecule has 0 unspecified atom stereocenters. The van der Waals surface area contributed by atoms with E-state index in [0.29, 0.717) is 16.8 Å². The second-order valence-electron chi connectivity index (χ2n) is 4.61. The van der Waals surface area contributed by atoms with Crippen molar-refractivity contribution in [2.75, 3.05) is 5.73 Å². The van der Waals surface area contributed by atoms with Gasteiger partial charge in [-0.05, 0) is 47.9 Å². The Kier molecular flexibility index (Phi) is 4.22. The van der Waals surface area contributed by atoms with Crippen molar-refractivity contribution < 1.29 is 33.2 Å². The molecule has 0 saturated carbocycles. The molecule has 1 aromatic carbocycles. The number of nitrogen functional groups attached to an aromatic ring is 1. The van der Waals surface area contributed by atoms with Crippen molar-refractivity contribution in [3.8, 4) is 11.1 Å². The number of hydrogen-bond acceptors (Lipinski definition) is 5. The number of carboxylic acids is 1. The van der Waals surface area contributed by atoms with Gasteiger partial charge in [-0.1, -0.05) is 0 Å². The third-order valence-electron chi connectivity index (χ3n) is 3.25. The largest absolute Gasteiger partial charge is 1.00 e. The van der Waals surface area contributed by atoms with E-state index >= 15 is 0 Å². The van der Waals surface area contributed by atoms with E-state index in [2.05, 4.69) is 10.1 Å². The van der Waals surface area contributed by atoms with E-state index in [4.69, 9.17) is 5.73 Å². The molecule has 0 amide bonds. The number of halogens is 1. The van der Waals surface area contributed by atoms with Crippen molar-refractivity contribution in [2.45, 2.75) is 6.92 Å². The Morgan fingerprint density at radius 1 is 1.32 bits per heavy atom. The number of rotatable bonds is 2. The average molecular weight is 292 g/mol. The molecule has 2 aromatic heterocycles. The zero-order valence-electron chi connectivity index (χ0n) is 12.0. The Hall–Kier alpha value is -2.36. The Morgan fingerprint density at radius 3 is 2.73 bits per heavy atom. The van der Waals surface area contributed by atoms with Gasteiger partial charge in [0.1, 0.15) is 5.82 Å². The predicted octanol–water partition coefficient (Wildman–Crippen LogP) is -2.21. The van der Waals surface area contributed by atoms with E-state index in [1.54, 1.807) is 18.3 Å². The number of hydrogen-bond donors (Lipinski definition) is 1. The van der Waals surface area contributed by atoms with Gasteiger partial charge in [-0.25, -0.2) is 8.91 Å². The molecule has 3 rings (SSSR count). The number of nitrogens with zero attached hydrogens (tertiary/aromatic N) is 3. The van der Waals surface area contributed by atoms with E-state index in [0.717, 1.165) is 0 Å². The molecular formula is C14H10FLiN4O2. The van der Waals surface area contributed by atoms with E-state index in [9.17, 15) is 14.3 Å². The second-order valence-corrected chi connectivity index (χ2v) is 4.61. The zero-order valence-corrected chi connectivity index (χ0v) is 12.0. The average Bonchev–Trinajstić information content (AvgIpc) is 2.80. The van der Waals surface area contributed by atoms with Gasteiger partial charge in [0.2, 0.25) is 5.95 Å². The van der Waals surface area contributed by atoms with Gasteiger partial charge < -0.3 is 15.6 Å². The van der Waals surface area contributed by atoms with Gasteiger partial charge in [-0.3, -0.25) is 0 Å². The maximum atomic E-state index is 13.9. The summed E-state index contributed by atoms with van der Waals surface area (Å²) in [7, 11) is 0. The molecule has 22 heavy (non-hydrogen) atoms. The summed E-state index contributed by atoms with van der Waals surface area (Å²) in [6, 6.07) is 5.96. The number of anilines is 1. The smallest absolute Gasteiger partial charge is 0.545 e. The van der Waals surface area contributed by atoms with Crippen molar-refractivity contribution in [2.24, 2.45) is 0 Å². The molecule has 3 aromatic rings. The van der Waals surface area contributed by atoms with Gasteiger partial charge in [-0.15, -0.1) is 5.10 Å². The standard InChI is InChI=1S/C14H11FN4O2.Li/c1-7-10(13(20)21)4-9(5-11(7)15)8-2-3-19-12(6-8)17-14(16)18-19;/h2-6H,1H3,(H2,16,18)(H,20,21);/q;+1/p-1. The summed E-state index contributed by atoms with van der Waals surface area (Å²) in [5, 5.41) is 15.0. The number of aromatic nitrogens is 3. The van der Waals surface area contributed by atoms with Gasteiger partial charge in [0.05, 0.1) is 5.97 Å². The number of fused-ring (bicyclic) bond motifs is 1. The quantitative estimate of drug-likeness (QED) is 0.540. The number of benzene rings is 1. The van der Waals surface area contributed by atoms with E-state index in [1.165, 1.54) is 23.6 Å². The number of aromatic carboxylic acids is 1. The molecule has 0 spiro atoms. The molecule has 0 atom stereocenters. The molecule has 0 saturated heterocycles. The molecule has 8 heteroatoms. The predicted molar refractivity (Wildman–Crippen MR) is 71.9 cm³/mol. The van der Waals surface area contributed by atoms with Gasteiger partial charge in [0.15, 0.2) is 5.65 Å². The molecule has 106 valence electrons. The molecule has 0 radical (unpaired) electrons. The first-order chi connectivity index (χ1) is 9.95. The molecule has 0 aliphatic carbocycles. The third kappa shape index (κ3) is 2.69. The normalized spacial score (nSPS) is 10.5. The van der Waals surface area contributed by atoms with Gasteiger partial charge in [0, 0.05) is 11.8 Å². The van der Waals surface area contributed by atoms with Crippen molar-refractivity contribution in [1.82, 2.24) is 14.6 Å². The summed E-state index contributed by atoms with van der Waals surface area (Å²) < 4.78 is 15.3. The number of carbonyl (C=O) groups is 1. The first-order valence-corrected chi connectivity index (χ1v) is 6.09. The summed E-state index contributed by atoms with van der Waals surface area (Å²) in [6.45, 7) is 1.40. The van der Waals surface area contributed by atoms with Crippen molar-refractivity contribution in [3.63, 3.8) is 0 Å². The molecule has 2 heterocycles. The number of pyridine rings is 1. The molecule has 6 nitrogen and oxygen atoms in total. The fraction of sp³-hybridized carbons (Fsp3) is 0.0714. The summed E-state index contributed by atoms with van der Waals surface area (Å²) in [6.07, 6.45) is 1.62. The molecule has 0 bridgehead atoms. The van der Waals surface area contributed by atoms with Crippen LogP contribution in [0.2, 0.25) is 0 Å². The number of nitrogens with two attached hydrogens (primary N) is 1. The van der Waals surface area contributed by atoms with Gasteiger partial charge >= 0.3 is 18.9 Å². The van der Waals surface area contributed by atoms with Crippen molar-refractivity contribution in [1.29, 1.82) is 0 Å². The monoisotopic (exact) mass is 292 g/mol. The van der Waals surface area contributed by atoms with Crippen molar-refractivity contribution >= 4 is 17.6 Å². The van der Waals surface area contributed by atoms with Crippen LogP contribution < -0.4 is 29.7 Å². The van der Waals surface area contributed by atoms with E-state index < -0.39 is 11.8 Å².